The average molecular weight is 300 g/mol. The summed E-state index contributed by atoms with van der Waals surface area (Å²) in [5, 5.41) is 9.13. The molecule has 0 radical (unpaired) electrons. The lowest BCUT2D eigenvalue weighted by atomic mass is 10.1. The minimum atomic E-state index is -3.37. The second-order valence-corrected chi connectivity index (χ2v) is 7.14. The van der Waals surface area contributed by atoms with Crippen molar-refractivity contribution in [3.63, 3.8) is 0 Å². The second kappa shape index (κ2) is 5.99. The number of anilines is 1. The SMILES string of the molecule is Nc1ccc(OCCS(=O)(=O)NCC2(CO)CC2)cc1. The average Bonchev–Trinajstić information content (AvgIpc) is 3.20. The molecule has 0 saturated heterocycles. The third-order valence-corrected chi connectivity index (χ3v) is 4.75. The number of hydrogen-bond acceptors (Lipinski definition) is 5. The quantitative estimate of drug-likeness (QED) is 0.601. The third-order valence-electron chi connectivity index (χ3n) is 3.46. The summed E-state index contributed by atoms with van der Waals surface area (Å²) in [6, 6.07) is 6.78. The minimum absolute atomic E-state index is 0.0253. The van der Waals surface area contributed by atoms with E-state index >= 15 is 0 Å². The predicted molar refractivity (Wildman–Crippen MR) is 76.9 cm³/mol. The molecule has 1 saturated carbocycles. The van der Waals surface area contributed by atoms with Crippen LogP contribution in [-0.4, -0.2) is 39.0 Å². The number of sulfonamides is 1. The van der Waals surface area contributed by atoms with E-state index in [4.69, 9.17) is 15.6 Å². The van der Waals surface area contributed by atoms with Crippen LogP contribution in [0.5, 0.6) is 5.75 Å². The molecule has 1 aromatic rings. The fourth-order valence-electron chi connectivity index (χ4n) is 1.74. The first-order chi connectivity index (χ1) is 9.45. The standard InChI is InChI=1S/C13H20N2O4S/c14-11-1-3-12(4-2-11)19-7-8-20(17,18)15-9-13(10-16)5-6-13/h1-4,15-16H,5-10,14H2. The summed E-state index contributed by atoms with van der Waals surface area (Å²) in [4.78, 5) is 0. The lowest BCUT2D eigenvalue weighted by Crippen LogP contribution is -2.34. The van der Waals surface area contributed by atoms with Crippen molar-refractivity contribution in [1.82, 2.24) is 4.72 Å². The van der Waals surface area contributed by atoms with Gasteiger partial charge in [0.05, 0.1) is 5.75 Å². The van der Waals surface area contributed by atoms with Gasteiger partial charge < -0.3 is 15.6 Å². The van der Waals surface area contributed by atoms with Crippen molar-refractivity contribution in [3.8, 4) is 5.75 Å². The van der Waals surface area contributed by atoms with Crippen molar-refractivity contribution >= 4 is 15.7 Å². The van der Waals surface area contributed by atoms with Crippen LogP contribution < -0.4 is 15.2 Å². The summed E-state index contributed by atoms with van der Waals surface area (Å²) in [5.74, 6) is 0.474. The number of aliphatic hydroxyl groups excluding tert-OH is 1. The van der Waals surface area contributed by atoms with Crippen molar-refractivity contribution < 1.29 is 18.3 Å². The maximum absolute atomic E-state index is 11.8. The molecule has 6 nitrogen and oxygen atoms in total. The van der Waals surface area contributed by atoms with E-state index in [1.165, 1.54) is 0 Å². The predicted octanol–water partition coefficient (Wildman–Crippen LogP) is 0.340. The van der Waals surface area contributed by atoms with Crippen LogP contribution in [-0.2, 0) is 10.0 Å². The number of rotatable bonds is 8. The monoisotopic (exact) mass is 300 g/mol. The number of nitrogens with two attached hydrogens (primary N) is 1. The molecule has 1 fully saturated rings. The first kappa shape index (κ1) is 15.1. The van der Waals surface area contributed by atoms with Crippen LogP contribution in [0.3, 0.4) is 0 Å². The Balaban J connectivity index is 1.73. The van der Waals surface area contributed by atoms with E-state index in [1.54, 1.807) is 24.3 Å². The number of nitrogen functional groups attached to an aromatic ring is 1. The third kappa shape index (κ3) is 4.36. The Kier molecular flexibility index (Phi) is 4.52. The van der Waals surface area contributed by atoms with Gasteiger partial charge in [0.2, 0.25) is 10.0 Å². The van der Waals surface area contributed by atoms with Crippen molar-refractivity contribution in [2.75, 3.05) is 31.2 Å². The van der Waals surface area contributed by atoms with Gasteiger partial charge in [-0.3, -0.25) is 0 Å². The van der Waals surface area contributed by atoms with E-state index in [0.717, 1.165) is 12.8 Å². The summed E-state index contributed by atoms with van der Waals surface area (Å²) >= 11 is 0. The molecule has 0 atom stereocenters. The van der Waals surface area contributed by atoms with Crippen LogP contribution >= 0.6 is 0 Å². The molecule has 2 rings (SSSR count). The highest BCUT2D eigenvalue weighted by Gasteiger charge is 2.42. The zero-order valence-electron chi connectivity index (χ0n) is 11.2. The van der Waals surface area contributed by atoms with E-state index < -0.39 is 10.0 Å². The minimum Gasteiger partial charge on any atom is -0.492 e. The van der Waals surface area contributed by atoms with Crippen LogP contribution in [0.15, 0.2) is 24.3 Å². The van der Waals surface area contributed by atoms with E-state index in [2.05, 4.69) is 4.72 Å². The summed E-state index contributed by atoms with van der Waals surface area (Å²) in [7, 11) is -3.37. The molecule has 0 unspecified atom stereocenters. The Labute approximate surface area is 119 Å². The maximum atomic E-state index is 11.8. The number of nitrogens with one attached hydrogen (secondary N) is 1. The zero-order valence-corrected chi connectivity index (χ0v) is 12.0. The largest absolute Gasteiger partial charge is 0.492 e. The van der Waals surface area contributed by atoms with E-state index in [1.807, 2.05) is 0 Å². The molecule has 7 heteroatoms. The van der Waals surface area contributed by atoms with Gasteiger partial charge in [0.25, 0.3) is 0 Å². The molecule has 112 valence electrons. The van der Waals surface area contributed by atoms with Crippen molar-refractivity contribution in [1.29, 1.82) is 0 Å². The van der Waals surface area contributed by atoms with Crippen LogP contribution in [0, 0.1) is 5.41 Å². The number of benzene rings is 1. The lowest BCUT2D eigenvalue weighted by molar-refractivity contribution is 0.213. The normalized spacial score (nSPS) is 16.9. The van der Waals surface area contributed by atoms with Gasteiger partial charge in [0, 0.05) is 24.3 Å². The number of hydrogen-bond donors (Lipinski definition) is 3. The maximum Gasteiger partial charge on any atom is 0.214 e. The van der Waals surface area contributed by atoms with Gasteiger partial charge in [-0.25, -0.2) is 13.1 Å². The number of aliphatic hydroxyl groups is 1. The molecule has 0 aromatic heterocycles. The van der Waals surface area contributed by atoms with Gasteiger partial charge in [-0.1, -0.05) is 0 Å². The van der Waals surface area contributed by atoms with Crippen LogP contribution in [0.25, 0.3) is 0 Å². The van der Waals surface area contributed by atoms with Crippen LogP contribution in [0.4, 0.5) is 5.69 Å². The highest BCUT2D eigenvalue weighted by molar-refractivity contribution is 7.89. The molecule has 0 amide bonds. The van der Waals surface area contributed by atoms with E-state index in [-0.39, 0.29) is 24.4 Å². The molecule has 1 aliphatic carbocycles. The lowest BCUT2D eigenvalue weighted by Gasteiger charge is -2.13. The fraction of sp³-hybridized carbons (Fsp3) is 0.538. The first-order valence-corrected chi connectivity index (χ1v) is 8.17. The van der Waals surface area contributed by atoms with E-state index in [9.17, 15) is 8.42 Å². The van der Waals surface area contributed by atoms with Crippen LogP contribution in [0.1, 0.15) is 12.8 Å². The molecule has 4 N–H and O–H groups in total. The van der Waals surface area contributed by atoms with Crippen LogP contribution in [0.2, 0.25) is 0 Å². The topological polar surface area (TPSA) is 102 Å². The van der Waals surface area contributed by atoms with E-state index in [0.29, 0.717) is 18.0 Å². The Morgan fingerprint density at radius 2 is 1.95 bits per heavy atom. The molecular weight excluding hydrogens is 280 g/mol. The van der Waals surface area contributed by atoms with Gasteiger partial charge in [-0.15, -0.1) is 0 Å². The molecule has 0 heterocycles. The van der Waals surface area contributed by atoms with Gasteiger partial charge in [-0.05, 0) is 37.1 Å². The van der Waals surface area contributed by atoms with Crippen molar-refractivity contribution in [2.24, 2.45) is 5.41 Å². The highest BCUT2D eigenvalue weighted by Crippen LogP contribution is 2.44. The Morgan fingerprint density at radius 1 is 1.30 bits per heavy atom. The summed E-state index contributed by atoms with van der Waals surface area (Å²) in [5.41, 5.74) is 5.94. The Morgan fingerprint density at radius 3 is 2.50 bits per heavy atom. The fourth-order valence-corrected chi connectivity index (χ4v) is 2.71. The molecule has 0 spiro atoms. The second-order valence-electron chi connectivity index (χ2n) is 5.22. The van der Waals surface area contributed by atoms with Crippen molar-refractivity contribution in [2.45, 2.75) is 12.8 Å². The smallest absolute Gasteiger partial charge is 0.214 e. The summed E-state index contributed by atoms with van der Waals surface area (Å²) < 4.78 is 31.4. The van der Waals surface area contributed by atoms with Crippen molar-refractivity contribution in [3.05, 3.63) is 24.3 Å². The van der Waals surface area contributed by atoms with Gasteiger partial charge in [0.1, 0.15) is 12.4 Å². The van der Waals surface area contributed by atoms with Gasteiger partial charge >= 0.3 is 0 Å². The Bertz CT molecular complexity index is 538. The molecule has 1 aliphatic rings. The zero-order chi connectivity index (χ0) is 14.6. The van der Waals surface area contributed by atoms with Gasteiger partial charge in [-0.2, -0.15) is 0 Å². The number of ether oxygens (including phenoxy) is 1. The summed E-state index contributed by atoms with van der Waals surface area (Å²) in [6.45, 7) is 0.399. The molecular formula is C13H20N2O4S. The molecule has 0 aliphatic heterocycles. The molecule has 20 heavy (non-hydrogen) atoms. The highest BCUT2D eigenvalue weighted by atomic mass is 32.2. The van der Waals surface area contributed by atoms with Gasteiger partial charge in [0.15, 0.2) is 0 Å². The Hall–Kier alpha value is -1.31. The first-order valence-electron chi connectivity index (χ1n) is 6.51. The molecule has 1 aromatic carbocycles. The summed E-state index contributed by atoms with van der Waals surface area (Å²) in [6.07, 6.45) is 1.74. The molecule has 0 bridgehead atoms.